The Morgan fingerprint density at radius 3 is 2.19 bits per heavy atom. The van der Waals surface area contributed by atoms with Crippen molar-refractivity contribution in [1.29, 1.82) is 0 Å². The van der Waals surface area contributed by atoms with Crippen molar-refractivity contribution < 1.29 is 13.2 Å². The van der Waals surface area contributed by atoms with Crippen molar-refractivity contribution >= 4 is 21.0 Å². The second-order valence-corrected chi connectivity index (χ2v) is 9.56. The molecule has 1 aromatic carbocycles. The lowest BCUT2D eigenvalue weighted by Gasteiger charge is -2.39. The van der Waals surface area contributed by atoms with Gasteiger partial charge >= 0.3 is 0 Å². The molecule has 1 aromatic heterocycles. The molecule has 5 heteroatoms. The summed E-state index contributed by atoms with van der Waals surface area (Å²) in [4.78, 5) is 4.77. The number of allylic oxidation sites excluding steroid dienone is 2. The standard InChI is InChI=1S/C21H23NO3S/c1-25-16-6-4-15(5-7-16)18-12-21(10-3-11-21)13-19(18)20-9-8-17(14-22-20)26(2,23)24/h4-9,14H,3,10-13H2,1-2H3. The Hall–Kier alpha value is -2.14. The SMILES string of the molecule is COc1ccc(C2=C(c3ccc(S(C)(=O)=O)cn3)CC3(CCC3)C2)cc1. The van der Waals surface area contributed by atoms with E-state index in [0.717, 1.165) is 24.3 Å². The van der Waals surface area contributed by atoms with E-state index in [4.69, 9.17) is 4.74 Å². The van der Waals surface area contributed by atoms with Crippen LogP contribution in [0.3, 0.4) is 0 Å². The molecule has 0 saturated heterocycles. The van der Waals surface area contributed by atoms with Crippen LogP contribution in [0.4, 0.5) is 0 Å². The lowest BCUT2D eigenvalue weighted by atomic mass is 9.66. The van der Waals surface area contributed by atoms with Crippen molar-refractivity contribution in [3.63, 3.8) is 0 Å². The molecule has 0 radical (unpaired) electrons. The van der Waals surface area contributed by atoms with Crippen LogP contribution in [0.15, 0.2) is 47.5 Å². The van der Waals surface area contributed by atoms with Crippen LogP contribution in [-0.4, -0.2) is 26.8 Å². The zero-order chi connectivity index (χ0) is 18.4. The summed E-state index contributed by atoms with van der Waals surface area (Å²) in [6.45, 7) is 0. The Labute approximate surface area is 154 Å². The fourth-order valence-corrected chi connectivity index (χ4v) is 4.71. The Morgan fingerprint density at radius 2 is 1.69 bits per heavy atom. The average Bonchev–Trinajstić information content (AvgIpc) is 3.03. The third kappa shape index (κ3) is 3.05. The van der Waals surface area contributed by atoms with Crippen molar-refractivity contribution in [2.75, 3.05) is 13.4 Å². The van der Waals surface area contributed by atoms with Gasteiger partial charge < -0.3 is 4.74 Å². The van der Waals surface area contributed by atoms with Gasteiger partial charge in [-0.05, 0) is 72.1 Å². The van der Waals surface area contributed by atoms with Crippen LogP contribution >= 0.6 is 0 Å². The largest absolute Gasteiger partial charge is 0.497 e. The van der Waals surface area contributed by atoms with E-state index in [9.17, 15) is 8.42 Å². The van der Waals surface area contributed by atoms with Gasteiger partial charge in [-0.25, -0.2) is 8.42 Å². The first kappa shape index (κ1) is 17.3. The minimum atomic E-state index is -3.23. The number of aromatic nitrogens is 1. The molecule has 136 valence electrons. The number of ether oxygens (including phenoxy) is 1. The van der Waals surface area contributed by atoms with Gasteiger partial charge in [-0.3, -0.25) is 4.98 Å². The highest BCUT2D eigenvalue weighted by Gasteiger charge is 2.44. The molecule has 1 spiro atoms. The molecule has 1 fully saturated rings. The van der Waals surface area contributed by atoms with Gasteiger partial charge in [-0.1, -0.05) is 18.6 Å². The molecule has 4 rings (SSSR count). The Kier molecular flexibility index (Phi) is 4.14. The topological polar surface area (TPSA) is 56.3 Å². The van der Waals surface area contributed by atoms with E-state index < -0.39 is 9.84 Å². The van der Waals surface area contributed by atoms with Crippen LogP contribution < -0.4 is 4.74 Å². The van der Waals surface area contributed by atoms with Gasteiger partial charge in [0, 0.05) is 12.5 Å². The smallest absolute Gasteiger partial charge is 0.177 e. The van der Waals surface area contributed by atoms with E-state index in [1.54, 1.807) is 13.2 Å². The molecule has 0 amide bonds. The highest BCUT2D eigenvalue weighted by Crippen LogP contribution is 2.59. The number of sulfone groups is 1. The average molecular weight is 369 g/mol. The van der Waals surface area contributed by atoms with Crippen molar-refractivity contribution in [3.8, 4) is 5.75 Å². The predicted molar refractivity (Wildman–Crippen MR) is 103 cm³/mol. The lowest BCUT2D eigenvalue weighted by Crippen LogP contribution is -2.26. The van der Waals surface area contributed by atoms with Crippen LogP contribution in [-0.2, 0) is 9.84 Å². The predicted octanol–water partition coefficient (Wildman–Crippen LogP) is 4.37. The van der Waals surface area contributed by atoms with Gasteiger partial charge in [0.05, 0.1) is 17.7 Å². The van der Waals surface area contributed by atoms with E-state index in [-0.39, 0.29) is 4.90 Å². The van der Waals surface area contributed by atoms with Gasteiger partial charge in [0.2, 0.25) is 0 Å². The number of hydrogen-bond acceptors (Lipinski definition) is 4. The molecule has 4 nitrogen and oxygen atoms in total. The van der Waals surface area contributed by atoms with Crippen molar-refractivity contribution in [2.24, 2.45) is 5.41 Å². The van der Waals surface area contributed by atoms with E-state index in [2.05, 4.69) is 17.1 Å². The number of methoxy groups -OCH3 is 1. The first-order chi connectivity index (χ1) is 12.4. The van der Waals surface area contributed by atoms with E-state index in [1.807, 2.05) is 18.2 Å². The number of nitrogens with zero attached hydrogens (tertiary/aromatic N) is 1. The summed E-state index contributed by atoms with van der Waals surface area (Å²) in [7, 11) is -1.55. The lowest BCUT2D eigenvalue weighted by molar-refractivity contribution is 0.157. The van der Waals surface area contributed by atoms with Crippen LogP contribution in [0, 0.1) is 5.41 Å². The Bertz CT molecular complexity index is 953. The molecular formula is C21H23NO3S. The summed E-state index contributed by atoms with van der Waals surface area (Å²) < 4.78 is 28.7. The number of benzene rings is 1. The van der Waals surface area contributed by atoms with Crippen LogP contribution in [0.25, 0.3) is 11.1 Å². The Morgan fingerprint density at radius 1 is 1.00 bits per heavy atom. The molecule has 0 unspecified atom stereocenters. The fraction of sp³-hybridized carbons (Fsp3) is 0.381. The minimum absolute atomic E-state index is 0.268. The summed E-state index contributed by atoms with van der Waals surface area (Å²) in [5.74, 6) is 0.850. The summed E-state index contributed by atoms with van der Waals surface area (Å²) in [5, 5.41) is 0. The molecule has 2 aliphatic carbocycles. The maximum absolute atomic E-state index is 11.7. The molecule has 1 heterocycles. The molecule has 26 heavy (non-hydrogen) atoms. The second kappa shape index (κ2) is 6.23. The summed E-state index contributed by atoms with van der Waals surface area (Å²) in [6, 6.07) is 11.7. The van der Waals surface area contributed by atoms with Gasteiger partial charge in [-0.2, -0.15) is 0 Å². The summed E-state index contributed by atoms with van der Waals surface area (Å²) in [6.07, 6.45) is 8.61. The maximum Gasteiger partial charge on any atom is 0.177 e. The number of pyridine rings is 1. The van der Waals surface area contributed by atoms with Crippen molar-refractivity contribution in [1.82, 2.24) is 4.98 Å². The molecule has 0 N–H and O–H groups in total. The van der Waals surface area contributed by atoms with E-state index in [1.165, 1.54) is 48.4 Å². The summed E-state index contributed by atoms with van der Waals surface area (Å²) >= 11 is 0. The van der Waals surface area contributed by atoms with Gasteiger partial charge in [0.25, 0.3) is 0 Å². The number of rotatable bonds is 4. The molecular weight excluding hydrogens is 346 g/mol. The van der Waals surface area contributed by atoms with E-state index in [0.29, 0.717) is 5.41 Å². The molecule has 1 saturated carbocycles. The highest BCUT2D eigenvalue weighted by atomic mass is 32.2. The second-order valence-electron chi connectivity index (χ2n) is 7.54. The highest BCUT2D eigenvalue weighted by molar-refractivity contribution is 7.90. The molecule has 2 aliphatic rings. The maximum atomic E-state index is 11.7. The van der Waals surface area contributed by atoms with Crippen molar-refractivity contribution in [3.05, 3.63) is 53.9 Å². The van der Waals surface area contributed by atoms with Gasteiger partial charge in [-0.15, -0.1) is 0 Å². The zero-order valence-corrected chi connectivity index (χ0v) is 16.0. The van der Waals surface area contributed by atoms with E-state index >= 15 is 0 Å². The molecule has 0 bridgehead atoms. The van der Waals surface area contributed by atoms with Crippen LogP contribution in [0.2, 0.25) is 0 Å². The normalized spacial score (nSPS) is 18.8. The van der Waals surface area contributed by atoms with Crippen LogP contribution in [0.1, 0.15) is 43.4 Å². The Balaban J connectivity index is 1.75. The monoisotopic (exact) mass is 369 g/mol. The quantitative estimate of drug-likeness (QED) is 0.803. The van der Waals surface area contributed by atoms with Gasteiger partial charge in [0.15, 0.2) is 9.84 Å². The number of hydrogen-bond donors (Lipinski definition) is 0. The minimum Gasteiger partial charge on any atom is -0.497 e. The van der Waals surface area contributed by atoms with Crippen molar-refractivity contribution in [2.45, 2.75) is 37.0 Å². The molecule has 2 aromatic rings. The molecule has 0 atom stereocenters. The zero-order valence-electron chi connectivity index (χ0n) is 15.2. The fourth-order valence-electron chi connectivity index (χ4n) is 4.15. The first-order valence-corrected chi connectivity index (χ1v) is 10.8. The van der Waals surface area contributed by atoms with Gasteiger partial charge in [0.1, 0.15) is 5.75 Å². The first-order valence-electron chi connectivity index (χ1n) is 8.93. The third-order valence-electron chi connectivity index (χ3n) is 5.79. The third-order valence-corrected chi connectivity index (χ3v) is 6.89. The van der Waals surface area contributed by atoms with Crippen LogP contribution in [0.5, 0.6) is 5.75 Å². The molecule has 0 aliphatic heterocycles. The summed E-state index contributed by atoms with van der Waals surface area (Å²) in [5.41, 5.74) is 5.08.